The van der Waals surface area contributed by atoms with E-state index in [1.165, 1.54) is 18.2 Å². The Morgan fingerprint density at radius 3 is 2.42 bits per heavy atom. The smallest absolute Gasteiger partial charge is 0.404 e. The molecule has 3 aromatic rings. The number of halogens is 6. The summed E-state index contributed by atoms with van der Waals surface area (Å²) in [6.07, 6.45) is -9.35. The van der Waals surface area contributed by atoms with E-state index in [-0.39, 0.29) is 29.5 Å². The first-order valence-electron chi connectivity index (χ1n) is 9.13. The third-order valence-electron chi connectivity index (χ3n) is 4.96. The number of aromatic nitrogens is 1. The molecule has 0 amide bonds. The molecule has 0 aliphatic carbocycles. The topological polar surface area (TPSA) is 40.3 Å². The van der Waals surface area contributed by atoms with E-state index in [0.717, 1.165) is 11.0 Å². The molecule has 0 saturated carbocycles. The van der Waals surface area contributed by atoms with Crippen LogP contribution in [-0.4, -0.2) is 34.1 Å². The lowest BCUT2D eigenvalue weighted by molar-refractivity contribution is -0.274. The highest BCUT2D eigenvalue weighted by atomic mass is 32.1. The summed E-state index contributed by atoms with van der Waals surface area (Å²) in [4.78, 5) is 3.77. The Labute approximate surface area is 177 Å². The van der Waals surface area contributed by atoms with Crippen LogP contribution in [0.3, 0.4) is 0 Å². The number of fused-ring (bicyclic) bond motifs is 3. The van der Waals surface area contributed by atoms with Gasteiger partial charge in [-0.05, 0) is 42.4 Å². The van der Waals surface area contributed by atoms with E-state index in [0.29, 0.717) is 16.5 Å². The van der Waals surface area contributed by atoms with Gasteiger partial charge in [0.15, 0.2) is 16.9 Å². The number of aromatic amines is 1. The van der Waals surface area contributed by atoms with Crippen LogP contribution in [0.2, 0.25) is 0 Å². The van der Waals surface area contributed by atoms with E-state index in [9.17, 15) is 26.3 Å². The number of nitrogens with zero attached hydrogens (tertiary/aromatic N) is 1. The highest BCUT2D eigenvalue weighted by molar-refractivity contribution is 7.80. The molecule has 0 radical (unpaired) electrons. The Morgan fingerprint density at radius 1 is 1.03 bits per heavy atom. The van der Waals surface area contributed by atoms with Gasteiger partial charge >= 0.3 is 12.5 Å². The van der Waals surface area contributed by atoms with Crippen molar-refractivity contribution in [2.45, 2.75) is 25.0 Å². The van der Waals surface area contributed by atoms with Crippen molar-refractivity contribution in [2.75, 3.05) is 11.9 Å². The molecular formula is C20H15F6N3OS. The summed E-state index contributed by atoms with van der Waals surface area (Å²) < 4.78 is 84.1. The average Bonchev–Trinajstić information content (AvgIpc) is 3.05. The van der Waals surface area contributed by atoms with Crippen molar-refractivity contribution in [3.8, 4) is 5.75 Å². The lowest BCUT2D eigenvalue weighted by Crippen LogP contribution is -2.48. The molecule has 1 aliphatic heterocycles. The molecule has 2 heterocycles. The van der Waals surface area contributed by atoms with Crippen molar-refractivity contribution in [1.29, 1.82) is 0 Å². The first-order chi connectivity index (χ1) is 14.5. The van der Waals surface area contributed by atoms with Crippen LogP contribution in [0.25, 0.3) is 10.9 Å². The minimum Gasteiger partial charge on any atom is -0.404 e. The number of rotatable bonds is 2. The Hall–Kier alpha value is -2.95. The minimum atomic E-state index is -4.96. The third-order valence-corrected chi connectivity index (χ3v) is 5.30. The largest absolute Gasteiger partial charge is 0.573 e. The number of hydrogen-bond donors (Lipinski definition) is 2. The Balaban J connectivity index is 1.67. The molecule has 4 rings (SSSR count). The summed E-state index contributed by atoms with van der Waals surface area (Å²) >= 11 is 5.18. The third kappa shape index (κ3) is 4.27. The van der Waals surface area contributed by atoms with Crippen LogP contribution in [0.15, 0.2) is 48.5 Å². The minimum absolute atomic E-state index is 0.0241. The summed E-state index contributed by atoms with van der Waals surface area (Å²) in [5, 5.41) is 2.83. The number of alkyl halides is 6. The molecular weight excluding hydrogens is 444 g/mol. The predicted octanol–water partition coefficient (Wildman–Crippen LogP) is 5.93. The van der Waals surface area contributed by atoms with E-state index < -0.39 is 24.3 Å². The van der Waals surface area contributed by atoms with Gasteiger partial charge in [0.2, 0.25) is 0 Å². The lowest BCUT2D eigenvalue weighted by Gasteiger charge is -2.38. The van der Waals surface area contributed by atoms with Gasteiger partial charge in [-0.2, -0.15) is 13.2 Å². The van der Waals surface area contributed by atoms with Crippen LogP contribution in [0.1, 0.15) is 17.3 Å². The van der Waals surface area contributed by atoms with Crippen LogP contribution in [-0.2, 0) is 6.42 Å². The van der Waals surface area contributed by atoms with Gasteiger partial charge in [0.1, 0.15) is 0 Å². The van der Waals surface area contributed by atoms with Gasteiger partial charge < -0.3 is 19.9 Å². The number of para-hydroxylation sites is 3. The van der Waals surface area contributed by atoms with Gasteiger partial charge in [-0.15, -0.1) is 13.2 Å². The Morgan fingerprint density at radius 2 is 1.71 bits per heavy atom. The van der Waals surface area contributed by atoms with Crippen molar-refractivity contribution < 1.29 is 31.1 Å². The molecule has 164 valence electrons. The fourth-order valence-corrected chi connectivity index (χ4v) is 4.08. The van der Waals surface area contributed by atoms with E-state index in [4.69, 9.17) is 12.2 Å². The number of benzene rings is 2. The van der Waals surface area contributed by atoms with Gasteiger partial charge in [0, 0.05) is 17.4 Å². The van der Waals surface area contributed by atoms with Gasteiger partial charge in [0.25, 0.3) is 0 Å². The van der Waals surface area contributed by atoms with Gasteiger partial charge in [-0.3, -0.25) is 0 Å². The molecule has 0 fully saturated rings. The van der Waals surface area contributed by atoms with Crippen LogP contribution < -0.4 is 10.1 Å². The van der Waals surface area contributed by atoms with Crippen molar-refractivity contribution >= 4 is 33.9 Å². The Kier molecular flexibility index (Phi) is 5.24. The molecule has 0 spiro atoms. The number of ether oxygens (including phenoxy) is 1. The lowest BCUT2D eigenvalue weighted by atomic mass is 9.97. The summed E-state index contributed by atoms with van der Waals surface area (Å²) in [6.45, 7) is -0.0623. The Bertz CT molecular complexity index is 1120. The maximum absolute atomic E-state index is 14.1. The molecule has 1 aromatic heterocycles. The van der Waals surface area contributed by atoms with Crippen molar-refractivity contribution in [3.05, 3.63) is 59.8 Å². The average molecular weight is 459 g/mol. The standard InChI is InChI=1S/C20H15F6N3OS/c21-19(22,23)17-16-12(11-5-1-2-6-13(11)27-16)9-10-29(17)18(31)28-14-7-3-4-8-15(14)30-20(24,25)26/h1-8,17,27H,9-10H2,(H,28,31)/t17-/m0/s1. The molecule has 4 nitrogen and oxygen atoms in total. The fourth-order valence-electron chi connectivity index (χ4n) is 3.77. The van der Waals surface area contributed by atoms with Gasteiger partial charge in [-0.1, -0.05) is 30.3 Å². The molecule has 0 bridgehead atoms. The molecule has 31 heavy (non-hydrogen) atoms. The van der Waals surface area contributed by atoms with E-state index in [2.05, 4.69) is 15.0 Å². The number of nitrogens with one attached hydrogen (secondary N) is 2. The summed E-state index contributed by atoms with van der Waals surface area (Å²) in [7, 11) is 0. The van der Waals surface area contributed by atoms with Crippen LogP contribution in [0.5, 0.6) is 5.75 Å². The number of H-pyrrole nitrogens is 1. The molecule has 0 saturated heterocycles. The fraction of sp³-hybridized carbons (Fsp3) is 0.250. The first-order valence-corrected chi connectivity index (χ1v) is 9.54. The summed E-state index contributed by atoms with van der Waals surface area (Å²) in [5.41, 5.74) is 0.918. The second kappa shape index (κ2) is 7.63. The molecule has 0 unspecified atom stereocenters. The normalized spacial score (nSPS) is 16.8. The molecule has 2 aromatic carbocycles. The molecule has 1 aliphatic rings. The van der Waals surface area contributed by atoms with Crippen LogP contribution in [0, 0.1) is 0 Å². The monoisotopic (exact) mass is 459 g/mol. The zero-order valence-corrected chi connectivity index (χ0v) is 16.5. The van der Waals surface area contributed by atoms with Crippen molar-refractivity contribution in [3.63, 3.8) is 0 Å². The maximum Gasteiger partial charge on any atom is 0.573 e. The predicted molar refractivity (Wildman–Crippen MR) is 107 cm³/mol. The van der Waals surface area contributed by atoms with Gasteiger partial charge in [0.05, 0.1) is 11.4 Å². The number of thiocarbonyl (C=S) groups is 1. The second-order valence-electron chi connectivity index (χ2n) is 6.92. The van der Waals surface area contributed by atoms with E-state index >= 15 is 0 Å². The number of hydrogen-bond acceptors (Lipinski definition) is 2. The molecule has 2 N–H and O–H groups in total. The SMILES string of the molecule is FC(F)(F)Oc1ccccc1NC(=S)N1CCc2c([nH]c3ccccc23)[C@H]1C(F)(F)F. The van der Waals surface area contributed by atoms with Crippen LogP contribution in [0.4, 0.5) is 32.0 Å². The number of anilines is 1. The quantitative estimate of drug-likeness (QED) is 0.369. The summed E-state index contributed by atoms with van der Waals surface area (Å²) in [5.74, 6) is -0.593. The van der Waals surface area contributed by atoms with Crippen molar-refractivity contribution in [1.82, 2.24) is 9.88 Å². The van der Waals surface area contributed by atoms with Crippen molar-refractivity contribution in [2.24, 2.45) is 0 Å². The molecule has 1 atom stereocenters. The highest BCUT2D eigenvalue weighted by Gasteiger charge is 2.49. The highest BCUT2D eigenvalue weighted by Crippen LogP contribution is 2.44. The first kappa shape index (κ1) is 21.3. The van der Waals surface area contributed by atoms with Gasteiger partial charge in [-0.25, -0.2) is 0 Å². The maximum atomic E-state index is 14.1. The zero-order chi connectivity index (χ0) is 22.4. The zero-order valence-electron chi connectivity index (χ0n) is 15.6. The van der Waals surface area contributed by atoms with Crippen LogP contribution >= 0.6 is 12.2 Å². The summed E-state index contributed by atoms with van der Waals surface area (Å²) in [6, 6.07) is 9.84. The van der Waals surface area contributed by atoms with E-state index in [1.54, 1.807) is 24.3 Å². The van der Waals surface area contributed by atoms with E-state index in [1.807, 2.05) is 0 Å². The second-order valence-corrected chi connectivity index (χ2v) is 7.31. The molecule has 11 heteroatoms.